The molecule has 3 rings (SSSR count). The van der Waals surface area contributed by atoms with Crippen molar-refractivity contribution in [3.63, 3.8) is 0 Å². The molecule has 0 saturated heterocycles. The standard InChI is InChI=1S/C21H20F2N2O7S/c1-3-31-21(28)17-11-6-4-5-7-16(11)33-19(17)24-18(26)10(2)32-20(27)12-8-15(25(29)30)14(23)9-13(12)22/h8-10H,3-7H2,1-2H3,(H,24,26)/t10-/m1/s1. The highest BCUT2D eigenvalue weighted by atomic mass is 32.1. The van der Waals surface area contributed by atoms with E-state index < -0.39 is 51.8 Å². The molecule has 1 amide bonds. The van der Waals surface area contributed by atoms with E-state index in [2.05, 4.69) is 5.32 Å². The minimum Gasteiger partial charge on any atom is -0.462 e. The number of ether oxygens (including phenoxy) is 2. The lowest BCUT2D eigenvalue weighted by Crippen LogP contribution is -2.30. The molecule has 0 saturated carbocycles. The second kappa shape index (κ2) is 10.0. The second-order valence-electron chi connectivity index (χ2n) is 7.21. The van der Waals surface area contributed by atoms with Crippen LogP contribution in [0.1, 0.15) is 57.8 Å². The first-order valence-corrected chi connectivity index (χ1v) is 10.9. The number of rotatable bonds is 7. The van der Waals surface area contributed by atoms with Gasteiger partial charge < -0.3 is 14.8 Å². The van der Waals surface area contributed by atoms with Crippen molar-refractivity contribution in [1.82, 2.24) is 0 Å². The van der Waals surface area contributed by atoms with Gasteiger partial charge in [0.05, 0.1) is 17.1 Å². The molecular formula is C21H20F2N2O7S. The molecule has 0 aliphatic heterocycles. The Bertz CT molecular complexity index is 1130. The maximum absolute atomic E-state index is 14.0. The van der Waals surface area contributed by atoms with E-state index in [9.17, 15) is 33.3 Å². The number of nitrogens with zero attached hydrogens (tertiary/aromatic N) is 1. The summed E-state index contributed by atoms with van der Waals surface area (Å²) in [4.78, 5) is 48.1. The molecule has 1 atom stereocenters. The molecule has 2 aromatic rings. The maximum atomic E-state index is 14.0. The van der Waals surface area contributed by atoms with Gasteiger partial charge in [-0.15, -0.1) is 11.3 Å². The van der Waals surface area contributed by atoms with Crippen molar-refractivity contribution in [3.8, 4) is 0 Å². The van der Waals surface area contributed by atoms with Crippen LogP contribution >= 0.6 is 11.3 Å². The number of carbonyl (C=O) groups excluding carboxylic acids is 3. The van der Waals surface area contributed by atoms with E-state index in [-0.39, 0.29) is 23.2 Å². The monoisotopic (exact) mass is 482 g/mol. The maximum Gasteiger partial charge on any atom is 0.342 e. The lowest BCUT2D eigenvalue weighted by Gasteiger charge is -2.14. The number of hydrogen-bond donors (Lipinski definition) is 1. The molecule has 1 heterocycles. The largest absolute Gasteiger partial charge is 0.462 e. The van der Waals surface area contributed by atoms with E-state index >= 15 is 0 Å². The average Bonchev–Trinajstić information content (AvgIpc) is 3.11. The molecule has 176 valence electrons. The molecule has 0 radical (unpaired) electrons. The highest BCUT2D eigenvalue weighted by Crippen LogP contribution is 2.38. The molecule has 33 heavy (non-hydrogen) atoms. The van der Waals surface area contributed by atoms with Gasteiger partial charge in [-0.2, -0.15) is 4.39 Å². The van der Waals surface area contributed by atoms with Crippen molar-refractivity contribution >= 4 is 39.9 Å². The van der Waals surface area contributed by atoms with E-state index in [0.717, 1.165) is 29.7 Å². The van der Waals surface area contributed by atoms with Gasteiger partial charge in [-0.05, 0) is 45.1 Å². The van der Waals surface area contributed by atoms with Crippen LogP contribution in [0.25, 0.3) is 0 Å². The van der Waals surface area contributed by atoms with Gasteiger partial charge in [-0.3, -0.25) is 14.9 Å². The summed E-state index contributed by atoms with van der Waals surface area (Å²) < 4.78 is 37.5. The lowest BCUT2D eigenvalue weighted by atomic mass is 9.95. The lowest BCUT2D eigenvalue weighted by molar-refractivity contribution is -0.387. The molecule has 9 nitrogen and oxygen atoms in total. The van der Waals surface area contributed by atoms with Crippen LogP contribution in [0.2, 0.25) is 0 Å². The Morgan fingerprint density at radius 2 is 1.88 bits per heavy atom. The summed E-state index contributed by atoms with van der Waals surface area (Å²) in [5, 5.41) is 13.7. The zero-order chi connectivity index (χ0) is 24.3. The summed E-state index contributed by atoms with van der Waals surface area (Å²) >= 11 is 1.24. The summed E-state index contributed by atoms with van der Waals surface area (Å²) in [6.07, 6.45) is 1.83. The van der Waals surface area contributed by atoms with Crippen LogP contribution in [0.5, 0.6) is 0 Å². The number of aryl methyl sites for hydroxylation is 1. The number of carbonyl (C=O) groups is 3. The van der Waals surface area contributed by atoms with Crippen molar-refractivity contribution in [2.24, 2.45) is 0 Å². The highest BCUT2D eigenvalue weighted by Gasteiger charge is 2.30. The number of thiophene rings is 1. The van der Waals surface area contributed by atoms with Crippen molar-refractivity contribution in [1.29, 1.82) is 0 Å². The Balaban J connectivity index is 1.79. The summed E-state index contributed by atoms with van der Waals surface area (Å²) in [5.74, 6) is -5.57. The Labute approximate surface area is 190 Å². The third kappa shape index (κ3) is 5.16. The zero-order valence-electron chi connectivity index (χ0n) is 17.7. The zero-order valence-corrected chi connectivity index (χ0v) is 18.6. The molecule has 0 fully saturated rings. The predicted octanol–water partition coefficient (Wildman–Crippen LogP) is 4.17. The Morgan fingerprint density at radius 1 is 1.18 bits per heavy atom. The topological polar surface area (TPSA) is 125 Å². The first kappa shape index (κ1) is 24.2. The van der Waals surface area contributed by atoms with Crippen LogP contribution in [-0.2, 0) is 27.1 Å². The fraction of sp³-hybridized carbons (Fsp3) is 0.381. The number of nitro benzene ring substituents is 1. The molecule has 1 aliphatic carbocycles. The van der Waals surface area contributed by atoms with E-state index in [0.29, 0.717) is 12.5 Å². The van der Waals surface area contributed by atoms with Crippen molar-refractivity contribution in [2.75, 3.05) is 11.9 Å². The minimum absolute atomic E-state index is 0.153. The fourth-order valence-corrected chi connectivity index (χ4v) is 4.68. The quantitative estimate of drug-likeness (QED) is 0.357. The highest BCUT2D eigenvalue weighted by molar-refractivity contribution is 7.17. The molecule has 1 aromatic heterocycles. The van der Waals surface area contributed by atoms with Crippen LogP contribution in [0, 0.1) is 21.7 Å². The number of benzene rings is 1. The smallest absolute Gasteiger partial charge is 0.342 e. The molecular weight excluding hydrogens is 462 g/mol. The van der Waals surface area contributed by atoms with Crippen LogP contribution < -0.4 is 5.32 Å². The molecule has 1 aliphatic rings. The first-order chi connectivity index (χ1) is 15.6. The van der Waals surface area contributed by atoms with Crippen molar-refractivity contribution in [3.05, 3.63) is 55.4 Å². The van der Waals surface area contributed by atoms with E-state index in [4.69, 9.17) is 9.47 Å². The van der Waals surface area contributed by atoms with Crippen LogP contribution in [-0.4, -0.2) is 35.5 Å². The number of nitro groups is 1. The summed E-state index contributed by atoms with van der Waals surface area (Å²) in [6, 6.07) is 0.602. The number of nitrogens with one attached hydrogen (secondary N) is 1. The Morgan fingerprint density at radius 3 is 2.55 bits per heavy atom. The van der Waals surface area contributed by atoms with Gasteiger partial charge in [-0.1, -0.05) is 0 Å². The van der Waals surface area contributed by atoms with E-state index in [1.807, 2.05) is 0 Å². The minimum atomic E-state index is -1.45. The molecule has 0 unspecified atom stereocenters. The molecule has 0 bridgehead atoms. The SMILES string of the molecule is CCOC(=O)c1c(NC(=O)[C@@H](C)OC(=O)c2cc([N+](=O)[O-])c(F)cc2F)sc2c1CCCC2. The van der Waals surface area contributed by atoms with Gasteiger partial charge in [0.15, 0.2) is 6.10 Å². The number of hydrogen-bond acceptors (Lipinski definition) is 8. The van der Waals surface area contributed by atoms with Gasteiger partial charge in [0, 0.05) is 17.0 Å². The first-order valence-electron chi connectivity index (χ1n) is 10.1. The Hall–Kier alpha value is -3.41. The van der Waals surface area contributed by atoms with E-state index in [1.54, 1.807) is 6.92 Å². The summed E-state index contributed by atoms with van der Waals surface area (Å²) in [7, 11) is 0. The summed E-state index contributed by atoms with van der Waals surface area (Å²) in [6.45, 7) is 3.02. The predicted molar refractivity (Wildman–Crippen MR) is 113 cm³/mol. The molecule has 0 spiro atoms. The van der Waals surface area contributed by atoms with Gasteiger partial charge in [0.25, 0.3) is 5.91 Å². The molecule has 12 heteroatoms. The molecule has 1 N–H and O–H groups in total. The Kier molecular flexibility index (Phi) is 7.36. The number of esters is 2. The van der Waals surface area contributed by atoms with Gasteiger partial charge in [0.2, 0.25) is 5.82 Å². The van der Waals surface area contributed by atoms with Crippen LogP contribution in [0.15, 0.2) is 12.1 Å². The normalized spacial score (nSPS) is 13.6. The van der Waals surface area contributed by atoms with Crippen LogP contribution in [0.4, 0.5) is 19.5 Å². The van der Waals surface area contributed by atoms with Crippen LogP contribution in [0.3, 0.4) is 0 Å². The fourth-order valence-electron chi connectivity index (χ4n) is 3.40. The number of anilines is 1. The molecule has 1 aromatic carbocycles. The third-order valence-corrected chi connectivity index (χ3v) is 6.20. The van der Waals surface area contributed by atoms with Crippen molar-refractivity contribution < 1.29 is 37.6 Å². The third-order valence-electron chi connectivity index (χ3n) is 4.99. The number of halogens is 2. The second-order valence-corrected chi connectivity index (χ2v) is 8.32. The van der Waals surface area contributed by atoms with Gasteiger partial charge in [0.1, 0.15) is 16.4 Å². The van der Waals surface area contributed by atoms with E-state index in [1.165, 1.54) is 18.3 Å². The number of amides is 1. The summed E-state index contributed by atoms with van der Waals surface area (Å²) in [5.41, 5.74) is -0.903. The average molecular weight is 482 g/mol. The number of fused-ring (bicyclic) bond motifs is 1. The van der Waals surface area contributed by atoms with Gasteiger partial charge in [-0.25, -0.2) is 14.0 Å². The van der Waals surface area contributed by atoms with Crippen molar-refractivity contribution in [2.45, 2.75) is 45.6 Å². The van der Waals surface area contributed by atoms with Gasteiger partial charge >= 0.3 is 17.6 Å².